The van der Waals surface area contributed by atoms with Crippen LogP contribution in [0.4, 0.5) is 0 Å². The van der Waals surface area contributed by atoms with Gasteiger partial charge >= 0.3 is 0 Å². The van der Waals surface area contributed by atoms with Crippen molar-refractivity contribution in [3.8, 4) is 17.3 Å². The van der Waals surface area contributed by atoms with E-state index in [0.29, 0.717) is 11.6 Å². The maximum Gasteiger partial charge on any atom is 0.110 e. The highest BCUT2D eigenvalue weighted by Gasteiger charge is 2.19. The molecule has 3 rings (SSSR count). The summed E-state index contributed by atoms with van der Waals surface area (Å²) < 4.78 is 0. The topological polar surface area (TPSA) is 48.7 Å². The molecule has 0 bridgehead atoms. The van der Waals surface area contributed by atoms with Crippen LogP contribution in [0.25, 0.3) is 11.3 Å². The molecule has 1 aliphatic rings. The van der Waals surface area contributed by atoms with Gasteiger partial charge in [0.15, 0.2) is 0 Å². The van der Waals surface area contributed by atoms with E-state index in [2.05, 4.69) is 21.8 Å². The molecule has 0 spiro atoms. The molecule has 90 valence electrons. The summed E-state index contributed by atoms with van der Waals surface area (Å²) in [5, 5.41) is 15.6. The van der Waals surface area contributed by atoms with E-state index in [4.69, 9.17) is 5.26 Å². The quantitative estimate of drug-likeness (QED) is 0.897. The Morgan fingerprint density at radius 2 is 2.39 bits per heavy atom. The Hall–Kier alpha value is -1.70. The lowest BCUT2D eigenvalue weighted by atomic mass is 10.1. The van der Waals surface area contributed by atoms with E-state index in [9.17, 15) is 0 Å². The Labute approximate surface area is 110 Å². The van der Waals surface area contributed by atoms with Crippen LogP contribution in [0.3, 0.4) is 0 Å². The van der Waals surface area contributed by atoms with Crippen molar-refractivity contribution in [2.75, 3.05) is 6.54 Å². The maximum absolute atomic E-state index is 8.91. The normalized spacial score (nSPS) is 18.7. The molecule has 1 aromatic carbocycles. The van der Waals surface area contributed by atoms with Gasteiger partial charge in [-0.25, -0.2) is 4.98 Å². The minimum atomic E-state index is 0.419. The highest BCUT2D eigenvalue weighted by atomic mass is 32.1. The van der Waals surface area contributed by atoms with E-state index in [1.807, 2.05) is 24.3 Å². The first-order valence-electron chi connectivity index (χ1n) is 6.06. The number of nitriles is 1. The van der Waals surface area contributed by atoms with Crippen molar-refractivity contribution >= 4 is 11.3 Å². The van der Waals surface area contributed by atoms with E-state index in [1.165, 1.54) is 12.8 Å². The van der Waals surface area contributed by atoms with Crippen molar-refractivity contribution in [2.24, 2.45) is 0 Å². The molecule has 1 aromatic heterocycles. The summed E-state index contributed by atoms with van der Waals surface area (Å²) in [6.45, 7) is 1.09. The maximum atomic E-state index is 8.91. The van der Waals surface area contributed by atoms with Gasteiger partial charge in [-0.2, -0.15) is 5.26 Å². The molecule has 1 unspecified atom stereocenters. The summed E-state index contributed by atoms with van der Waals surface area (Å²) >= 11 is 1.70. The van der Waals surface area contributed by atoms with Gasteiger partial charge in [0, 0.05) is 10.9 Å². The van der Waals surface area contributed by atoms with Crippen LogP contribution in [-0.4, -0.2) is 11.5 Å². The lowest BCUT2D eigenvalue weighted by Gasteiger charge is -2.04. The molecule has 1 aliphatic heterocycles. The number of nitrogens with one attached hydrogen (secondary N) is 1. The van der Waals surface area contributed by atoms with Crippen molar-refractivity contribution in [3.05, 3.63) is 40.2 Å². The smallest absolute Gasteiger partial charge is 0.110 e. The van der Waals surface area contributed by atoms with Crippen LogP contribution in [-0.2, 0) is 0 Å². The van der Waals surface area contributed by atoms with E-state index in [1.54, 1.807) is 11.3 Å². The lowest BCUT2D eigenvalue weighted by molar-refractivity contribution is 0.643. The van der Waals surface area contributed by atoms with E-state index < -0.39 is 0 Å². The highest BCUT2D eigenvalue weighted by molar-refractivity contribution is 7.10. The second kappa shape index (κ2) is 4.89. The minimum absolute atomic E-state index is 0.419. The fraction of sp³-hybridized carbons (Fsp3) is 0.286. The van der Waals surface area contributed by atoms with Crippen molar-refractivity contribution in [1.29, 1.82) is 5.26 Å². The first-order chi connectivity index (χ1) is 8.86. The van der Waals surface area contributed by atoms with E-state index in [0.717, 1.165) is 22.8 Å². The van der Waals surface area contributed by atoms with Crippen molar-refractivity contribution < 1.29 is 0 Å². The molecule has 3 nitrogen and oxygen atoms in total. The van der Waals surface area contributed by atoms with Gasteiger partial charge < -0.3 is 5.32 Å². The zero-order valence-electron chi connectivity index (χ0n) is 9.89. The molecule has 0 saturated carbocycles. The first-order valence-corrected chi connectivity index (χ1v) is 6.94. The standard InChI is InChI=1S/C14H13N3S/c15-8-10-3-1-4-11(7-10)13-9-18-14(17-13)12-5-2-6-16-12/h1,3-4,7,9,12,16H,2,5-6H2. The van der Waals surface area contributed by atoms with Gasteiger partial charge in [0.25, 0.3) is 0 Å². The highest BCUT2D eigenvalue weighted by Crippen LogP contribution is 2.29. The van der Waals surface area contributed by atoms with Gasteiger partial charge in [-0.3, -0.25) is 0 Å². The summed E-state index contributed by atoms with van der Waals surface area (Å²) in [7, 11) is 0. The van der Waals surface area contributed by atoms with E-state index in [-0.39, 0.29) is 0 Å². The van der Waals surface area contributed by atoms with Crippen LogP contribution in [0, 0.1) is 11.3 Å². The summed E-state index contributed by atoms with van der Waals surface area (Å²) in [5.41, 5.74) is 2.68. The average Bonchev–Trinajstić information content (AvgIpc) is 3.09. The molecular weight excluding hydrogens is 242 g/mol. The molecule has 1 N–H and O–H groups in total. The number of nitrogens with zero attached hydrogens (tertiary/aromatic N) is 2. The molecule has 0 radical (unpaired) electrons. The molecule has 1 fully saturated rings. The number of aromatic nitrogens is 1. The predicted octanol–water partition coefficient (Wildman–Crippen LogP) is 3.11. The zero-order valence-corrected chi connectivity index (χ0v) is 10.7. The third kappa shape index (κ3) is 2.15. The van der Waals surface area contributed by atoms with Crippen LogP contribution in [0.15, 0.2) is 29.6 Å². The Morgan fingerprint density at radius 3 is 3.17 bits per heavy atom. The number of hydrogen-bond acceptors (Lipinski definition) is 4. The molecule has 2 aromatic rings. The molecule has 1 saturated heterocycles. The SMILES string of the molecule is N#Cc1cccc(-c2csc(C3CCCN3)n2)c1. The van der Waals surface area contributed by atoms with Gasteiger partial charge in [-0.05, 0) is 31.5 Å². The first kappa shape index (κ1) is 11.4. The molecular formula is C14H13N3S. The molecule has 0 aliphatic carbocycles. The monoisotopic (exact) mass is 255 g/mol. The number of thiazole rings is 1. The minimum Gasteiger partial charge on any atom is -0.308 e. The summed E-state index contributed by atoms with van der Waals surface area (Å²) in [6, 6.07) is 10.2. The second-order valence-corrected chi connectivity index (χ2v) is 5.30. The predicted molar refractivity (Wildman–Crippen MR) is 72.2 cm³/mol. The third-order valence-corrected chi connectivity index (χ3v) is 4.13. The third-order valence-electron chi connectivity index (χ3n) is 3.17. The van der Waals surface area contributed by atoms with Crippen LogP contribution >= 0.6 is 11.3 Å². The van der Waals surface area contributed by atoms with Gasteiger partial charge in [0.2, 0.25) is 0 Å². The summed E-state index contributed by atoms with van der Waals surface area (Å²) in [5.74, 6) is 0. The number of hydrogen-bond donors (Lipinski definition) is 1. The van der Waals surface area contributed by atoms with Crippen molar-refractivity contribution in [3.63, 3.8) is 0 Å². The lowest BCUT2D eigenvalue weighted by Crippen LogP contribution is -2.12. The van der Waals surface area contributed by atoms with Gasteiger partial charge in [0.05, 0.1) is 23.4 Å². The number of benzene rings is 1. The van der Waals surface area contributed by atoms with Crippen molar-refractivity contribution in [1.82, 2.24) is 10.3 Å². The van der Waals surface area contributed by atoms with Gasteiger partial charge in [0.1, 0.15) is 5.01 Å². The van der Waals surface area contributed by atoms with Crippen LogP contribution in [0.2, 0.25) is 0 Å². The van der Waals surface area contributed by atoms with Crippen LogP contribution in [0.5, 0.6) is 0 Å². The fourth-order valence-corrected chi connectivity index (χ4v) is 3.16. The molecule has 2 heterocycles. The summed E-state index contributed by atoms with van der Waals surface area (Å²) in [6.07, 6.45) is 2.40. The Kier molecular flexibility index (Phi) is 3.09. The second-order valence-electron chi connectivity index (χ2n) is 4.41. The van der Waals surface area contributed by atoms with Crippen LogP contribution in [0.1, 0.15) is 29.5 Å². The molecule has 1 atom stereocenters. The van der Waals surface area contributed by atoms with Gasteiger partial charge in [-0.15, -0.1) is 11.3 Å². The number of rotatable bonds is 2. The zero-order chi connectivity index (χ0) is 12.4. The Morgan fingerprint density at radius 1 is 1.44 bits per heavy atom. The van der Waals surface area contributed by atoms with Crippen molar-refractivity contribution in [2.45, 2.75) is 18.9 Å². The van der Waals surface area contributed by atoms with E-state index >= 15 is 0 Å². The fourth-order valence-electron chi connectivity index (χ4n) is 2.22. The molecule has 18 heavy (non-hydrogen) atoms. The Balaban J connectivity index is 1.90. The van der Waals surface area contributed by atoms with Gasteiger partial charge in [-0.1, -0.05) is 12.1 Å². The van der Waals surface area contributed by atoms with Crippen LogP contribution < -0.4 is 5.32 Å². The summed E-state index contributed by atoms with van der Waals surface area (Å²) in [4.78, 5) is 4.68. The molecule has 4 heteroatoms. The molecule has 0 amide bonds. The largest absolute Gasteiger partial charge is 0.308 e. The average molecular weight is 255 g/mol. The Bertz CT molecular complexity index is 591.